The molecule has 29 heavy (non-hydrogen) atoms. The minimum Gasteiger partial charge on any atom is -0.245 e. The molecule has 3 heterocycles. The monoisotopic (exact) mass is 385 g/mol. The van der Waals surface area contributed by atoms with Crippen LogP contribution >= 0.6 is 0 Å². The van der Waals surface area contributed by atoms with Crippen LogP contribution in [0.1, 0.15) is 27.7 Å². The zero-order chi connectivity index (χ0) is 20.2. The molecule has 2 aromatic carbocycles. The van der Waals surface area contributed by atoms with E-state index in [1.165, 1.54) is 5.23 Å². The summed E-state index contributed by atoms with van der Waals surface area (Å²) >= 11 is 0. The first-order valence-corrected chi connectivity index (χ1v) is 9.78. The second-order valence-electron chi connectivity index (χ2n) is 8.40. The normalized spacial score (nSPS) is 17.9. The Hall–Kier alpha value is -3.02. The van der Waals surface area contributed by atoms with E-state index in [-0.39, 0.29) is 0 Å². The Morgan fingerprint density at radius 1 is 0.655 bits per heavy atom. The lowest BCUT2D eigenvalue weighted by molar-refractivity contribution is -0.0290. The number of hydrogen-bond donors (Lipinski definition) is 0. The van der Waals surface area contributed by atoms with Gasteiger partial charge in [-0.05, 0) is 45.9 Å². The number of nitrogens with zero attached hydrogens (tertiary/aromatic N) is 3. The lowest BCUT2D eigenvalue weighted by atomic mass is 9.90. The maximum atomic E-state index is 6.03. The third-order valence-corrected chi connectivity index (χ3v) is 5.83. The van der Waals surface area contributed by atoms with E-state index < -0.39 is 11.2 Å². The zero-order valence-electron chi connectivity index (χ0n) is 17.0. The average molecular weight is 385 g/mol. The van der Waals surface area contributed by atoms with Crippen molar-refractivity contribution in [1.29, 1.82) is 0 Å². The van der Waals surface area contributed by atoms with Crippen LogP contribution in [0.25, 0.3) is 33.1 Å². The van der Waals surface area contributed by atoms with Crippen LogP contribution < -0.4 is 5.23 Å². The third-order valence-electron chi connectivity index (χ3n) is 5.83. The molecule has 5 heteroatoms. The molecule has 0 radical (unpaired) electrons. The van der Waals surface area contributed by atoms with E-state index in [1.54, 1.807) is 0 Å². The lowest BCUT2D eigenvalue weighted by Gasteiger charge is -2.26. The number of aromatic nitrogens is 2. The van der Waals surface area contributed by atoms with Crippen molar-refractivity contribution in [1.82, 2.24) is 9.97 Å². The summed E-state index contributed by atoms with van der Waals surface area (Å²) in [4.78, 5) is 21.9. The van der Waals surface area contributed by atoms with E-state index in [1.807, 2.05) is 64.1 Å². The molecular formula is C24H23N3O2. The topological polar surface area (TPSA) is 47.5 Å². The average Bonchev–Trinajstić information content (AvgIpc) is 2.95. The predicted molar refractivity (Wildman–Crippen MR) is 115 cm³/mol. The number of benzene rings is 2. The van der Waals surface area contributed by atoms with Crippen LogP contribution in [0.4, 0.5) is 5.82 Å². The van der Waals surface area contributed by atoms with Gasteiger partial charge >= 0.3 is 0 Å². The van der Waals surface area contributed by atoms with Crippen LogP contribution in [0, 0.1) is 0 Å². The molecule has 0 N–H and O–H groups in total. The highest BCUT2D eigenvalue weighted by atomic mass is 17.0. The highest BCUT2D eigenvalue weighted by Crippen LogP contribution is 2.40. The number of hydrogen-bond acceptors (Lipinski definition) is 5. The van der Waals surface area contributed by atoms with Gasteiger partial charge < -0.3 is 0 Å². The standard InChI is InChI=1S/C24H23N3O2/c1-23(2)24(3,4)29-27(28-23)20-15-13-18-11-10-17-12-14-19(16-8-6-5-7-9-16)25-21(17)22(18)26-20/h5-15H,1-4H3. The molecule has 0 spiro atoms. The molecule has 5 rings (SSSR count). The molecule has 0 aliphatic carbocycles. The summed E-state index contributed by atoms with van der Waals surface area (Å²) in [6.45, 7) is 8.04. The van der Waals surface area contributed by atoms with Crippen LogP contribution in [0.2, 0.25) is 0 Å². The lowest BCUT2D eigenvalue weighted by Crippen LogP contribution is -2.41. The number of pyridine rings is 2. The molecule has 0 bridgehead atoms. The van der Waals surface area contributed by atoms with Crippen LogP contribution in [-0.2, 0) is 9.68 Å². The fraction of sp³-hybridized carbons (Fsp3) is 0.250. The van der Waals surface area contributed by atoms with Gasteiger partial charge in [-0.25, -0.2) is 19.6 Å². The zero-order valence-corrected chi connectivity index (χ0v) is 17.0. The fourth-order valence-corrected chi connectivity index (χ4v) is 3.38. The van der Waals surface area contributed by atoms with Gasteiger partial charge in [-0.1, -0.05) is 48.5 Å². The smallest absolute Gasteiger partial charge is 0.184 e. The Kier molecular flexibility index (Phi) is 3.88. The summed E-state index contributed by atoms with van der Waals surface area (Å²) in [6, 6.07) is 22.4. The summed E-state index contributed by atoms with van der Waals surface area (Å²) in [5, 5.41) is 3.50. The molecule has 0 amide bonds. The minimum atomic E-state index is -0.471. The third kappa shape index (κ3) is 2.94. The first kappa shape index (κ1) is 18.0. The van der Waals surface area contributed by atoms with Gasteiger partial charge in [0.05, 0.1) is 16.7 Å². The van der Waals surface area contributed by atoms with Gasteiger partial charge in [-0.2, -0.15) is 0 Å². The summed E-state index contributed by atoms with van der Waals surface area (Å²) in [5.41, 5.74) is 2.75. The van der Waals surface area contributed by atoms with E-state index in [0.29, 0.717) is 5.82 Å². The Labute approximate surface area is 169 Å². The van der Waals surface area contributed by atoms with Crippen LogP contribution in [0.3, 0.4) is 0 Å². The first-order chi connectivity index (χ1) is 13.8. The molecule has 1 aliphatic heterocycles. The second kappa shape index (κ2) is 6.24. The van der Waals surface area contributed by atoms with Gasteiger partial charge in [0, 0.05) is 16.3 Å². The molecule has 0 atom stereocenters. The highest BCUT2D eigenvalue weighted by molar-refractivity contribution is 6.03. The van der Waals surface area contributed by atoms with E-state index in [9.17, 15) is 0 Å². The molecule has 1 saturated heterocycles. The number of anilines is 1. The Balaban J connectivity index is 1.65. The van der Waals surface area contributed by atoms with E-state index in [4.69, 9.17) is 19.6 Å². The van der Waals surface area contributed by atoms with Crippen LogP contribution in [-0.4, -0.2) is 21.2 Å². The second-order valence-corrected chi connectivity index (χ2v) is 8.40. The van der Waals surface area contributed by atoms with Crippen molar-refractivity contribution >= 4 is 27.6 Å². The first-order valence-electron chi connectivity index (χ1n) is 9.78. The quantitative estimate of drug-likeness (QED) is 0.415. The molecular weight excluding hydrogens is 362 g/mol. The summed E-state index contributed by atoms with van der Waals surface area (Å²) < 4.78 is 0. The maximum Gasteiger partial charge on any atom is 0.184 e. The molecule has 1 fully saturated rings. The van der Waals surface area contributed by atoms with Crippen molar-refractivity contribution in [3.63, 3.8) is 0 Å². The molecule has 4 aromatic rings. The van der Waals surface area contributed by atoms with Crippen molar-refractivity contribution in [2.75, 3.05) is 5.23 Å². The summed E-state index contributed by atoms with van der Waals surface area (Å²) in [5.74, 6) is 0.607. The molecule has 2 aromatic heterocycles. The van der Waals surface area contributed by atoms with Gasteiger partial charge in [0.2, 0.25) is 0 Å². The maximum absolute atomic E-state index is 6.03. The Morgan fingerprint density at radius 3 is 1.86 bits per heavy atom. The molecule has 146 valence electrons. The fourth-order valence-electron chi connectivity index (χ4n) is 3.38. The van der Waals surface area contributed by atoms with Crippen LogP contribution in [0.5, 0.6) is 0 Å². The highest BCUT2D eigenvalue weighted by Gasteiger charge is 2.50. The number of fused-ring (bicyclic) bond motifs is 3. The minimum absolute atomic E-state index is 0.471. The molecule has 5 nitrogen and oxygen atoms in total. The largest absolute Gasteiger partial charge is 0.245 e. The summed E-state index contributed by atoms with van der Waals surface area (Å²) in [7, 11) is 0. The van der Waals surface area contributed by atoms with E-state index in [2.05, 4.69) is 30.3 Å². The van der Waals surface area contributed by atoms with E-state index >= 15 is 0 Å². The van der Waals surface area contributed by atoms with Crippen LogP contribution in [0.15, 0.2) is 66.7 Å². The van der Waals surface area contributed by atoms with Gasteiger partial charge in [0.25, 0.3) is 0 Å². The Morgan fingerprint density at radius 2 is 1.21 bits per heavy atom. The van der Waals surface area contributed by atoms with Crippen molar-refractivity contribution in [3.8, 4) is 11.3 Å². The van der Waals surface area contributed by atoms with Gasteiger partial charge in [0.15, 0.2) is 5.82 Å². The van der Waals surface area contributed by atoms with Gasteiger partial charge in [-0.15, -0.1) is 5.23 Å². The molecule has 0 unspecified atom stereocenters. The van der Waals surface area contributed by atoms with Crippen molar-refractivity contribution in [3.05, 3.63) is 66.7 Å². The Bertz CT molecular complexity index is 1200. The van der Waals surface area contributed by atoms with Crippen molar-refractivity contribution in [2.45, 2.75) is 38.9 Å². The van der Waals surface area contributed by atoms with E-state index in [0.717, 1.165) is 33.1 Å². The van der Waals surface area contributed by atoms with Crippen molar-refractivity contribution in [2.24, 2.45) is 0 Å². The molecule has 0 saturated carbocycles. The predicted octanol–water partition coefficient (Wildman–Crippen LogP) is 5.69. The number of rotatable bonds is 2. The van der Waals surface area contributed by atoms with Gasteiger partial charge in [0.1, 0.15) is 11.2 Å². The van der Waals surface area contributed by atoms with Crippen molar-refractivity contribution < 1.29 is 9.68 Å². The molecule has 1 aliphatic rings. The SMILES string of the molecule is CC1(C)ON(c2ccc3ccc4ccc(-c5ccccc5)nc4c3n2)OC1(C)C. The summed E-state index contributed by atoms with van der Waals surface area (Å²) in [6.07, 6.45) is 0. The van der Waals surface area contributed by atoms with Gasteiger partial charge in [-0.3, -0.25) is 0 Å².